The van der Waals surface area contributed by atoms with E-state index < -0.39 is 0 Å². The molecule has 3 nitrogen and oxygen atoms in total. The van der Waals surface area contributed by atoms with Gasteiger partial charge in [0, 0.05) is 25.0 Å². The number of aromatic nitrogens is 1. The summed E-state index contributed by atoms with van der Waals surface area (Å²) in [7, 11) is 2.09. The van der Waals surface area contributed by atoms with Crippen LogP contribution in [0.25, 0.3) is 0 Å². The summed E-state index contributed by atoms with van der Waals surface area (Å²) >= 11 is 1.71. The molecular weight excluding hydrogens is 254 g/mol. The number of aryl methyl sites for hydroxylation is 2. The van der Waals surface area contributed by atoms with Crippen LogP contribution in [-0.4, -0.2) is 12.0 Å². The molecule has 0 aliphatic rings. The minimum atomic E-state index is 0.582. The van der Waals surface area contributed by atoms with E-state index in [2.05, 4.69) is 55.0 Å². The highest BCUT2D eigenvalue weighted by Crippen LogP contribution is 2.27. The molecule has 0 aliphatic carbocycles. The van der Waals surface area contributed by atoms with E-state index in [0.29, 0.717) is 6.54 Å². The Kier molecular flexibility index (Phi) is 4.56. The third-order valence-electron chi connectivity index (χ3n) is 3.28. The van der Waals surface area contributed by atoms with E-state index in [-0.39, 0.29) is 0 Å². The fourth-order valence-electron chi connectivity index (χ4n) is 2.08. The lowest BCUT2D eigenvalue weighted by atomic mass is 10.1. The number of nitrogens with two attached hydrogens (primary N) is 1. The molecule has 0 spiro atoms. The van der Waals surface area contributed by atoms with Crippen LogP contribution >= 0.6 is 11.3 Å². The molecule has 1 aromatic heterocycles. The molecule has 2 aromatic rings. The van der Waals surface area contributed by atoms with Gasteiger partial charge in [-0.15, -0.1) is 11.3 Å². The number of benzene rings is 1. The van der Waals surface area contributed by atoms with Crippen LogP contribution in [0, 0.1) is 6.92 Å². The minimum Gasteiger partial charge on any atom is -0.347 e. The van der Waals surface area contributed by atoms with Crippen molar-refractivity contribution in [2.24, 2.45) is 5.73 Å². The van der Waals surface area contributed by atoms with Crippen molar-refractivity contribution in [2.75, 3.05) is 11.9 Å². The quantitative estimate of drug-likeness (QED) is 0.911. The highest BCUT2D eigenvalue weighted by Gasteiger charge is 2.12. The first-order valence-corrected chi connectivity index (χ1v) is 7.41. The molecule has 0 fully saturated rings. The molecule has 0 saturated carbocycles. The molecule has 1 aromatic carbocycles. The molecule has 0 amide bonds. The molecule has 0 unspecified atom stereocenters. The standard InChI is InChI=1S/C15H21N3S/c1-4-13-14(9-16)19-15(17-13)18(3)10-12-8-6-5-7-11(12)2/h5-8H,4,9-10,16H2,1-3H3. The summed E-state index contributed by atoms with van der Waals surface area (Å²) in [5.74, 6) is 0. The monoisotopic (exact) mass is 275 g/mol. The second kappa shape index (κ2) is 6.17. The van der Waals surface area contributed by atoms with Crippen LogP contribution in [0.1, 0.15) is 28.6 Å². The van der Waals surface area contributed by atoms with Gasteiger partial charge in [-0.3, -0.25) is 0 Å². The molecular formula is C15H21N3S. The van der Waals surface area contributed by atoms with E-state index in [1.807, 2.05) is 0 Å². The first kappa shape index (κ1) is 14.0. The summed E-state index contributed by atoms with van der Waals surface area (Å²) < 4.78 is 0. The number of nitrogens with zero attached hydrogens (tertiary/aromatic N) is 2. The molecule has 0 bridgehead atoms. The second-order valence-electron chi connectivity index (χ2n) is 4.71. The predicted octanol–water partition coefficient (Wildman–Crippen LogP) is 3.11. The lowest BCUT2D eigenvalue weighted by molar-refractivity contribution is 0.893. The van der Waals surface area contributed by atoms with Gasteiger partial charge in [-0.05, 0) is 24.5 Å². The molecule has 102 valence electrons. The lowest BCUT2D eigenvalue weighted by Crippen LogP contribution is -2.16. The molecule has 4 heteroatoms. The first-order valence-electron chi connectivity index (χ1n) is 6.60. The van der Waals surface area contributed by atoms with Crippen molar-refractivity contribution < 1.29 is 0 Å². The normalized spacial score (nSPS) is 10.7. The largest absolute Gasteiger partial charge is 0.347 e. The topological polar surface area (TPSA) is 42.2 Å². The van der Waals surface area contributed by atoms with E-state index in [1.54, 1.807) is 11.3 Å². The third kappa shape index (κ3) is 3.14. The van der Waals surface area contributed by atoms with Gasteiger partial charge in [0.05, 0.1) is 5.69 Å². The van der Waals surface area contributed by atoms with Crippen molar-refractivity contribution in [3.05, 3.63) is 46.0 Å². The zero-order valence-corrected chi connectivity index (χ0v) is 12.6. The lowest BCUT2D eigenvalue weighted by Gasteiger charge is -2.17. The van der Waals surface area contributed by atoms with Gasteiger partial charge >= 0.3 is 0 Å². The molecule has 2 N–H and O–H groups in total. The summed E-state index contributed by atoms with van der Waals surface area (Å²) in [6.07, 6.45) is 0.946. The Balaban J connectivity index is 2.18. The molecule has 0 atom stereocenters. The van der Waals surface area contributed by atoms with Crippen LogP contribution in [0.5, 0.6) is 0 Å². The Labute approximate surface area is 119 Å². The highest BCUT2D eigenvalue weighted by molar-refractivity contribution is 7.15. The van der Waals surface area contributed by atoms with Crippen LogP contribution < -0.4 is 10.6 Å². The smallest absolute Gasteiger partial charge is 0.185 e. The molecule has 0 aliphatic heterocycles. The van der Waals surface area contributed by atoms with E-state index >= 15 is 0 Å². The average Bonchev–Trinajstić information content (AvgIpc) is 2.84. The minimum absolute atomic E-state index is 0.582. The Morgan fingerprint density at radius 2 is 2.05 bits per heavy atom. The van der Waals surface area contributed by atoms with Crippen molar-refractivity contribution >= 4 is 16.5 Å². The Morgan fingerprint density at radius 3 is 2.63 bits per heavy atom. The van der Waals surface area contributed by atoms with Crippen molar-refractivity contribution in [3.63, 3.8) is 0 Å². The fraction of sp³-hybridized carbons (Fsp3) is 0.400. The molecule has 0 radical (unpaired) electrons. The van der Waals surface area contributed by atoms with Crippen LogP contribution in [-0.2, 0) is 19.5 Å². The molecule has 19 heavy (non-hydrogen) atoms. The van der Waals surface area contributed by atoms with Crippen LogP contribution in [0.15, 0.2) is 24.3 Å². The van der Waals surface area contributed by atoms with Crippen molar-refractivity contribution in [3.8, 4) is 0 Å². The molecule has 2 rings (SSSR count). The number of hydrogen-bond donors (Lipinski definition) is 1. The van der Waals surface area contributed by atoms with Crippen molar-refractivity contribution in [2.45, 2.75) is 33.4 Å². The fourth-order valence-corrected chi connectivity index (χ4v) is 3.07. The summed E-state index contributed by atoms with van der Waals surface area (Å²) in [6.45, 7) is 5.74. The van der Waals surface area contributed by atoms with Gasteiger partial charge in [0.15, 0.2) is 5.13 Å². The van der Waals surface area contributed by atoms with Crippen LogP contribution in [0.3, 0.4) is 0 Å². The Hall–Kier alpha value is -1.39. The van der Waals surface area contributed by atoms with Gasteiger partial charge in [0.2, 0.25) is 0 Å². The second-order valence-corrected chi connectivity index (χ2v) is 5.77. The van der Waals surface area contributed by atoms with Crippen molar-refractivity contribution in [1.82, 2.24) is 4.98 Å². The van der Waals surface area contributed by atoms with Gasteiger partial charge < -0.3 is 10.6 Å². The highest BCUT2D eigenvalue weighted by atomic mass is 32.1. The van der Waals surface area contributed by atoms with Gasteiger partial charge in [-0.25, -0.2) is 4.98 Å². The summed E-state index contributed by atoms with van der Waals surface area (Å²) in [4.78, 5) is 8.09. The maximum absolute atomic E-state index is 5.77. The molecule has 1 heterocycles. The van der Waals surface area contributed by atoms with Gasteiger partial charge in [0.1, 0.15) is 0 Å². The van der Waals surface area contributed by atoms with Gasteiger partial charge in [0.25, 0.3) is 0 Å². The first-order chi connectivity index (χ1) is 9.15. The summed E-state index contributed by atoms with van der Waals surface area (Å²) in [5, 5.41) is 1.06. The van der Waals surface area contributed by atoms with Gasteiger partial charge in [-0.2, -0.15) is 0 Å². The maximum Gasteiger partial charge on any atom is 0.185 e. The van der Waals surface area contributed by atoms with Crippen LogP contribution in [0.4, 0.5) is 5.13 Å². The zero-order valence-electron chi connectivity index (χ0n) is 11.8. The maximum atomic E-state index is 5.77. The Morgan fingerprint density at radius 1 is 1.32 bits per heavy atom. The van der Waals surface area contributed by atoms with E-state index in [4.69, 9.17) is 5.73 Å². The van der Waals surface area contributed by atoms with Gasteiger partial charge in [-0.1, -0.05) is 31.2 Å². The van der Waals surface area contributed by atoms with Crippen LogP contribution in [0.2, 0.25) is 0 Å². The summed E-state index contributed by atoms with van der Waals surface area (Å²) in [6, 6.07) is 8.47. The van der Waals surface area contributed by atoms with E-state index in [1.165, 1.54) is 16.0 Å². The Bertz CT molecular complexity index is 527. The van der Waals surface area contributed by atoms with E-state index in [0.717, 1.165) is 23.8 Å². The SMILES string of the molecule is CCc1nc(N(C)Cc2ccccc2C)sc1CN. The number of thiazole rings is 1. The van der Waals surface area contributed by atoms with Crippen molar-refractivity contribution in [1.29, 1.82) is 0 Å². The third-order valence-corrected chi connectivity index (χ3v) is 4.52. The van der Waals surface area contributed by atoms with E-state index in [9.17, 15) is 0 Å². The predicted molar refractivity (Wildman–Crippen MR) is 82.7 cm³/mol. The molecule has 0 saturated heterocycles. The number of rotatable bonds is 5. The zero-order chi connectivity index (χ0) is 13.8. The number of hydrogen-bond acceptors (Lipinski definition) is 4. The summed E-state index contributed by atoms with van der Waals surface area (Å²) in [5.41, 5.74) is 9.57. The average molecular weight is 275 g/mol. The number of anilines is 1.